The van der Waals surface area contributed by atoms with Crippen molar-refractivity contribution in [2.75, 3.05) is 6.54 Å². The molecule has 2 aromatic carbocycles. The summed E-state index contributed by atoms with van der Waals surface area (Å²) in [5.74, 6) is 0.0751. The fourth-order valence-electron chi connectivity index (χ4n) is 3.94. The number of H-pyrrole nitrogens is 1. The molecule has 0 amide bonds. The summed E-state index contributed by atoms with van der Waals surface area (Å²) in [4.78, 5) is 21.3. The maximum absolute atomic E-state index is 13.0. The van der Waals surface area contributed by atoms with Crippen LogP contribution in [-0.4, -0.2) is 52.2 Å². The molecule has 7 heteroatoms. The van der Waals surface area contributed by atoms with Crippen molar-refractivity contribution in [3.8, 4) is 11.1 Å². The lowest BCUT2D eigenvalue weighted by Gasteiger charge is -2.22. The molecule has 1 unspecified atom stereocenters. The number of nitrogens with zero attached hydrogens (tertiary/aromatic N) is 1. The fourth-order valence-corrected chi connectivity index (χ4v) is 3.94. The molecular formula is C20H20N4O3. The molecule has 2 fully saturated rings. The number of fused-ring (bicyclic) bond motifs is 3. The van der Waals surface area contributed by atoms with Crippen molar-refractivity contribution < 1.29 is 14.7 Å². The Hall–Kier alpha value is -3.03. The summed E-state index contributed by atoms with van der Waals surface area (Å²) in [6.07, 6.45) is 1.02. The minimum absolute atomic E-state index is 0.0751. The van der Waals surface area contributed by atoms with E-state index in [1.54, 1.807) is 0 Å². The number of piperazine rings is 1. The quantitative estimate of drug-likeness (QED) is 0.417. The zero-order chi connectivity index (χ0) is 18.8. The number of hydrogen-bond donors (Lipinski definition) is 4. The zero-order valence-electron chi connectivity index (χ0n) is 14.6. The SMILES string of the molecule is O=C(c1n[nH]c2ccc(-c3ccccc3)cc12)C1N[C@@H]2CN[C@@H]1C2.O=CO. The molecule has 0 radical (unpaired) electrons. The summed E-state index contributed by atoms with van der Waals surface area (Å²) in [6, 6.07) is 16.8. The topological polar surface area (TPSA) is 107 Å². The van der Waals surface area contributed by atoms with Crippen molar-refractivity contribution in [1.82, 2.24) is 20.8 Å². The van der Waals surface area contributed by atoms with Crippen LogP contribution in [0.25, 0.3) is 22.0 Å². The van der Waals surface area contributed by atoms with Crippen LogP contribution < -0.4 is 10.6 Å². The third-order valence-corrected chi connectivity index (χ3v) is 5.17. The number of ketones is 1. The van der Waals surface area contributed by atoms with Crippen LogP contribution in [0.5, 0.6) is 0 Å². The molecule has 0 spiro atoms. The van der Waals surface area contributed by atoms with Crippen LogP contribution in [0.2, 0.25) is 0 Å². The predicted octanol–water partition coefficient (Wildman–Crippen LogP) is 1.82. The van der Waals surface area contributed by atoms with Gasteiger partial charge in [-0.3, -0.25) is 14.7 Å². The molecule has 27 heavy (non-hydrogen) atoms. The van der Waals surface area contributed by atoms with Gasteiger partial charge in [0, 0.05) is 24.0 Å². The number of aromatic nitrogens is 2. The van der Waals surface area contributed by atoms with E-state index in [-0.39, 0.29) is 24.3 Å². The first-order valence-electron chi connectivity index (χ1n) is 8.86. The van der Waals surface area contributed by atoms with Gasteiger partial charge in [0.2, 0.25) is 5.78 Å². The number of benzene rings is 2. The van der Waals surface area contributed by atoms with Gasteiger partial charge >= 0.3 is 0 Å². The Bertz CT molecular complexity index is 970. The third-order valence-electron chi connectivity index (χ3n) is 5.17. The minimum Gasteiger partial charge on any atom is -0.483 e. The smallest absolute Gasteiger partial charge is 0.290 e. The zero-order valence-corrected chi connectivity index (χ0v) is 14.6. The van der Waals surface area contributed by atoms with Gasteiger partial charge in [0.25, 0.3) is 6.47 Å². The number of carbonyl (C=O) groups excluding carboxylic acids is 1. The van der Waals surface area contributed by atoms with Crippen molar-refractivity contribution in [2.45, 2.75) is 24.5 Å². The average Bonchev–Trinajstić information content (AvgIpc) is 3.43. The number of Topliss-reactive ketones (excluding diaryl/α,β-unsaturated/α-hetero) is 1. The summed E-state index contributed by atoms with van der Waals surface area (Å²) < 4.78 is 0. The highest BCUT2D eigenvalue weighted by atomic mass is 16.3. The number of carboxylic acid groups (broad SMARTS) is 1. The molecule has 7 nitrogen and oxygen atoms in total. The molecule has 3 atom stereocenters. The second-order valence-electron chi connectivity index (χ2n) is 6.76. The van der Waals surface area contributed by atoms with Gasteiger partial charge in [0.05, 0.1) is 11.6 Å². The van der Waals surface area contributed by atoms with Crippen LogP contribution in [0.15, 0.2) is 48.5 Å². The lowest BCUT2D eigenvalue weighted by molar-refractivity contribution is -0.122. The first-order chi connectivity index (χ1) is 13.2. The second-order valence-corrected chi connectivity index (χ2v) is 6.76. The predicted molar refractivity (Wildman–Crippen MR) is 102 cm³/mol. The first-order valence-corrected chi connectivity index (χ1v) is 8.86. The molecule has 2 saturated heterocycles. The molecule has 2 aliphatic heterocycles. The Morgan fingerprint density at radius 3 is 2.59 bits per heavy atom. The molecule has 0 saturated carbocycles. The molecule has 4 N–H and O–H groups in total. The van der Waals surface area contributed by atoms with Crippen molar-refractivity contribution in [2.24, 2.45) is 0 Å². The van der Waals surface area contributed by atoms with E-state index < -0.39 is 0 Å². The first kappa shape index (κ1) is 17.4. The van der Waals surface area contributed by atoms with Crippen LogP contribution in [-0.2, 0) is 4.79 Å². The van der Waals surface area contributed by atoms with Crippen molar-refractivity contribution in [3.05, 3.63) is 54.2 Å². The van der Waals surface area contributed by atoms with Crippen LogP contribution in [0.3, 0.4) is 0 Å². The van der Waals surface area contributed by atoms with Crippen molar-refractivity contribution in [1.29, 1.82) is 0 Å². The molecule has 138 valence electrons. The van der Waals surface area contributed by atoms with E-state index in [2.05, 4.69) is 45.1 Å². The molecule has 2 bridgehead atoms. The van der Waals surface area contributed by atoms with Gasteiger partial charge in [-0.05, 0) is 29.7 Å². The molecule has 2 aliphatic rings. The number of nitrogens with one attached hydrogen (secondary N) is 3. The number of carbonyl (C=O) groups is 2. The number of rotatable bonds is 3. The minimum atomic E-state index is -0.250. The Balaban J connectivity index is 0.000000565. The van der Waals surface area contributed by atoms with Crippen molar-refractivity contribution >= 4 is 23.2 Å². The number of hydrogen-bond acceptors (Lipinski definition) is 5. The molecule has 0 aliphatic carbocycles. The summed E-state index contributed by atoms with van der Waals surface area (Å²) in [5.41, 5.74) is 3.67. The van der Waals surface area contributed by atoms with E-state index in [0.717, 1.165) is 35.0 Å². The normalized spacial score (nSPS) is 23.0. The molecule has 1 aromatic heterocycles. The molecule has 5 rings (SSSR count). The maximum Gasteiger partial charge on any atom is 0.290 e. The fraction of sp³-hybridized carbons (Fsp3) is 0.250. The number of aromatic amines is 1. The van der Waals surface area contributed by atoms with E-state index in [4.69, 9.17) is 9.90 Å². The Morgan fingerprint density at radius 2 is 1.93 bits per heavy atom. The molecule has 3 heterocycles. The Kier molecular flexibility index (Phi) is 4.70. The average molecular weight is 364 g/mol. The van der Waals surface area contributed by atoms with Gasteiger partial charge in [-0.2, -0.15) is 5.10 Å². The van der Waals surface area contributed by atoms with Crippen LogP contribution >= 0.6 is 0 Å². The van der Waals surface area contributed by atoms with E-state index in [9.17, 15) is 4.79 Å². The molecular weight excluding hydrogens is 344 g/mol. The maximum atomic E-state index is 13.0. The summed E-state index contributed by atoms with van der Waals surface area (Å²) in [5, 5.41) is 21.9. The van der Waals surface area contributed by atoms with Gasteiger partial charge in [-0.1, -0.05) is 36.4 Å². The van der Waals surface area contributed by atoms with Crippen LogP contribution in [0.4, 0.5) is 0 Å². The van der Waals surface area contributed by atoms with Crippen LogP contribution in [0.1, 0.15) is 16.9 Å². The van der Waals surface area contributed by atoms with E-state index in [1.807, 2.05) is 24.3 Å². The van der Waals surface area contributed by atoms with Gasteiger partial charge in [0.15, 0.2) is 0 Å². The van der Waals surface area contributed by atoms with Crippen molar-refractivity contribution in [3.63, 3.8) is 0 Å². The lowest BCUT2D eigenvalue weighted by atomic mass is 9.99. The highest BCUT2D eigenvalue weighted by Crippen LogP contribution is 2.28. The monoisotopic (exact) mass is 364 g/mol. The van der Waals surface area contributed by atoms with Gasteiger partial charge in [-0.15, -0.1) is 0 Å². The van der Waals surface area contributed by atoms with Gasteiger partial charge < -0.3 is 15.7 Å². The lowest BCUT2D eigenvalue weighted by Crippen LogP contribution is -2.52. The Morgan fingerprint density at radius 1 is 1.15 bits per heavy atom. The van der Waals surface area contributed by atoms with E-state index in [0.29, 0.717) is 11.7 Å². The second kappa shape index (κ2) is 7.30. The summed E-state index contributed by atoms with van der Waals surface area (Å²) in [7, 11) is 0. The summed E-state index contributed by atoms with van der Waals surface area (Å²) >= 11 is 0. The van der Waals surface area contributed by atoms with E-state index in [1.165, 1.54) is 0 Å². The third kappa shape index (κ3) is 3.22. The van der Waals surface area contributed by atoms with Gasteiger partial charge in [0.1, 0.15) is 5.69 Å². The highest BCUT2D eigenvalue weighted by Gasteiger charge is 2.43. The van der Waals surface area contributed by atoms with E-state index >= 15 is 0 Å². The standard InChI is InChI=1S/C19H18N4O.CH2O2/c24-19(18-16-9-13(21-18)10-20-16)17-14-8-12(6-7-15(14)22-23-17)11-4-2-1-3-5-11;2-1-3/h1-8,13,16,18,20-21H,9-10H2,(H,22,23);1H,(H,2,3)/t13-,16+,18?;/m0./s1. The Labute approximate surface area is 155 Å². The van der Waals surface area contributed by atoms with Crippen LogP contribution in [0, 0.1) is 0 Å². The summed E-state index contributed by atoms with van der Waals surface area (Å²) in [6.45, 7) is 0.702. The van der Waals surface area contributed by atoms with Gasteiger partial charge in [-0.25, -0.2) is 0 Å². The molecule has 3 aromatic rings. The largest absolute Gasteiger partial charge is 0.483 e. The highest BCUT2D eigenvalue weighted by molar-refractivity contribution is 6.09.